The second-order valence-corrected chi connectivity index (χ2v) is 4.83. The van der Waals surface area contributed by atoms with E-state index in [9.17, 15) is 4.79 Å². The van der Waals surface area contributed by atoms with Crippen LogP contribution in [-0.2, 0) is 4.79 Å². The molecule has 1 amide bonds. The Bertz CT molecular complexity index is 374. The number of hydrogen-bond acceptors (Lipinski definition) is 3. The minimum Gasteiger partial charge on any atom is -0.342 e. The second kappa shape index (κ2) is 6.50. The highest BCUT2D eigenvalue weighted by atomic mass is 16.2. The summed E-state index contributed by atoms with van der Waals surface area (Å²) in [5, 5.41) is 3.26. The van der Waals surface area contributed by atoms with E-state index in [-0.39, 0.29) is 11.9 Å². The Labute approximate surface area is 108 Å². The molecule has 1 aromatic rings. The van der Waals surface area contributed by atoms with Gasteiger partial charge in [0.15, 0.2) is 0 Å². The third kappa shape index (κ3) is 3.53. The van der Waals surface area contributed by atoms with Gasteiger partial charge in [0, 0.05) is 31.5 Å². The molecule has 1 aliphatic rings. The van der Waals surface area contributed by atoms with Gasteiger partial charge in [0.1, 0.15) is 0 Å². The Morgan fingerprint density at radius 2 is 2.22 bits per heavy atom. The van der Waals surface area contributed by atoms with Crippen molar-refractivity contribution in [2.45, 2.75) is 32.2 Å². The van der Waals surface area contributed by atoms with Gasteiger partial charge >= 0.3 is 0 Å². The number of aromatic nitrogens is 1. The van der Waals surface area contributed by atoms with Crippen molar-refractivity contribution in [1.82, 2.24) is 15.2 Å². The number of hydrogen-bond donors (Lipinski definition) is 1. The lowest BCUT2D eigenvalue weighted by Crippen LogP contribution is -2.41. The second-order valence-electron chi connectivity index (χ2n) is 4.83. The van der Waals surface area contributed by atoms with Gasteiger partial charge in [-0.05, 0) is 37.8 Å². The normalized spacial score (nSPS) is 17.5. The third-order valence-electron chi connectivity index (χ3n) is 3.45. The maximum absolute atomic E-state index is 12.0. The Morgan fingerprint density at radius 3 is 2.89 bits per heavy atom. The van der Waals surface area contributed by atoms with E-state index < -0.39 is 0 Å². The van der Waals surface area contributed by atoms with E-state index in [1.807, 2.05) is 23.2 Å². The average Bonchev–Trinajstić information content (AvgIpc) is 2.46. The molecule has 2 heterocycles. The molecule has 1 saturated heterocycles. The zero-order valence-corrected chi connectivity index (χ0v) is 10.9. The molecular weight excluding hydrogens is 226 g/mol. The minimum absolute atomic E-state index is 0.160. The molecule has 1 N–H and O–H groups in total. The summed E-state index contributed by atoms with van der Waals surface area (Å²) in [6, 6.07) is 4.10. The summed E-state index contributed by atoms with van der Waals surface area (Å²) in [7, 11) is 0. The van der Waals surface area contributed by atoms with Crippen molar-refractivity contribution in [3.05, 3.63) is 30.1 Å². The number of amides is 1. The molecule has 0 radical (unpaired) electrons. The van der Waals surface area contributed by atoms with Crippen LogP contribution in [0.25, 0.3) is 0 Å². The summed E-state index contributed by atoms with van der Waals surface area (Å²) in [6.07, 6.45) is 7.13. The summed E-state index contributed by atoms with van der Waals surface area (Å²) in [5.74, 6) is 0.213. The van der Waals surface area contributed by atoms with Crippen LogP contribution in [0.3, 0.4) is 0 Å². The number of nitrogens with one attached hydrogen (secondary N) is 1. The topological polar surface area (TPSA) is 45.2 Å². The number of nitrogens with zero attached hydrogens (tertiary/aromatic N) is 2. The molecule has 0 unspecified atom stereocenters. The molecule has 1 aromatic heterocycles. The first-order valence-corrected chi connectivity index (χ1v) is 6.68. The van der Waals surface area contributed by atoms with Crippen molar-refractivity contribution < 1.29 is 4.79 Å². The molecule has 0 saturated carbocycles. The molecule has 2 rings (SSSR count). The molecule has 4 heteroatoms. The summed E-state index contributed by atoms with van der Waals surface area (Å²) in [5.41, 5.74) is 1.11. The number of carbonyl (C=O) groups is 1. The fourth-order valence-electron chi connectivity index (χ4n) is 2.25. The van der Waals surface area contributed by atoms with Crippen LogP contribution in [0.15, 0.2) is 24.5 Å². The standard InChI is InChI=1S/C14H21N3O/c1-12(13-6-5-7-15-10-13)16-11-14(18)17-8-3-2-4-9-17/h5-7,10,12,16H,2-4,8-9,11H2,1H3/t12-/m0/s1. The number of likely N-dealkylation sites (tertiary alicyclic amines) is 1. The first-order chi connectivity index (χ1) is 8.77. The van der Waals surface area contributed by atoms with Crippen molar-refractivity contribution >= 4 is 5.91 Å². The van der Waals surface area contributed by atoms with Crippen LogP contribution in [0.1, 0.15) is 37.8 Å². The lowest BCUT2D eigenvalue weighted by atomic mass is 10.1. The van der Waals surface area contributed by atoms with Gasteiger partial charge in [-0.15, -0.1) is 0 Å². The van der Waals surface area contributed by atoms with Crippen LogP contribution in [0, 0.1) is 0 Å². The Kier molecular flexibility index (Phi) is 4.70. The zero-order chi connectivity index (χ0) is 12.8. The van der Waals surface area contributed by atoms with Crippen LogP contribution in [-0.4, -0.2) is 35.4 Å². The highest BCUT2D eigenvalue weighted by molar-refractivity contribution is 5.78. The monoisotopic (exact) mass is 247 g/mol. The molecule has 0 aliphatic carbocycles. The predicted octanol–water partition coefficient (Wildman–Crippen LogP) is 1.74. The minimum atomic E-state index is 0.160. The van der Waals surface area contributed by atoms with Crippen LogP contribution in [0.4, 0.5) is 0 Å². The van der Waals surface area contributed by atoms with Crippen LogP contribution in [0.2, 0.25) is 0 Å². The van der Waals surface area contributed by atoms with E-state index in [1.165, 1.54) is 6.42 Å². The summed E-state index contributed by atoms with van der Waals surface area (Å²) >= 11 is 0. The van der Waals surface area contributed by atoms with Gasteiger partial charge in [0.05, 0.1) is 6.54 Å². The van der Waals surface area contributed by atoms with Gasteiger partial charge in [-0.25, -0.2) is 0 Å². The lowest BCUT2D eigenvalue weighted by Gasteiger charge is -2.27. The van der Waals surface area contributed by atoms with E-state index in [4.69, 9.17) is 0 Å². The third-order valence-corrected chi connectivity index (χ3v) is 3.45. The van der Waals surface area contributed by atoms with E-state index in [0.717, 1.165) is 31.5 Å². The highest BCUT2D eigenvalue weighted by Crippen LogP contribution is 2.11. The first kappa shape index (κ1) is 13.0. The summed E-state index contributed by atoms with van der Waals surface area (Å²) in [4.78, 5) is 18.0. The number of piperidine rings is 1. The van der Waals surface area contributed by atoms with Crippen molar-refractivity contribution in [2.75, 3.05) is 19.6 Å². The Balaban J connectivity index is 1.78. The van der Waals surface area contributed by atoms with E-state index in [2.05, 4.69) is 17.2 Å². The molecule has 1 aliphatic heterocycles. The lowest BCUT2D eigenvalue weighted by molar-refractivity contribution is -0.131. The van der Waals surface area contributed by atoms with Crippen molar-refractivity contribution in [1.29, 1.82) is 0 Å². The van der Waals surface area contributed by atoms with Crippen LogP contribution >= 0.6 is 0 Å². The quantitative estimate of drug-likeness (QED) is 0.881. The van der Waals surface area contributed by atoms with Gasteiger partial charge in [-0.1, -0.05) is 6.07 Å². The fourth-order valence-corrected chi connectivity index (χ4v) is 2.25. The summed E-state index contributed by atoms with van der Waals surface area (Å²) < 4.78 is 0. The van der Waals surface area contributed by atoms with Gasteiger partial charge < -0.3 is 10.2 Å². The van der Waals surface area contributed by atoms with Crippen molar-refractivity contribution in [3.8, 4) is 0 Å². The number of rotatable bonds is 4. The maximum atomic E-state index is 12.0. The van der Waals surface area contributed by atoms with Crippen molar-refractivity contribution in [2.24, 2.45) is 0 Å². The van der Waals surface area contributed by atoms with E-state index >= 15 is 0 Å². The molecule has 1 atom stereocenters. The van der Waals surface area contributed by atoms with Crippen LogP contribution in [0.5, 0.6) is 0 Å². The average molecular weight is 247 g/mol. The predicted molar refractivity (Wildman–Crippen MR) is 71.1 cm³/mol. The molecule has 98 valence electrons. The molecule has 0 aromatic carbocycles. The van der Waals surface area contributed by atoms with Crippen molar-refractivity contribution in [3.63, 3.8) is 0 Å². The van der Waals surface area contributed by atoms with E-state index in [1.54, 1.807) is 6.20 Å². The molecule has 1 fully saturated rings. The molecule has 0 bridgehead atoms. The zero-order valence-electron chi connectivity index (χ0n) is 10.9. The Hall–Kier alpha value is -1.42. The SMILES string of the molecule is C[C@H](NCC(=O)N1CCCCC1)c1cccnc1. The molecule has 0 spiro atoms. The fraction of sp³-hybridized carbons (Fsp3) is 0.571. The first-order valence-electron chi connectivity index (χ1n) is 6.68. The van der Waals surface area contributed by atoms with E-state index in [0.29, 0.717) is 6.54 Å². The largest absolute Gasteiger partial charge is 0.342 e. The maximum Gasteiger partial charge on any atom is 0.236 e. The molecule has 18 heavy (non-hydrogen) atoms. The smallest absolute Gasteiger partial charge is 0.236 e. The Morgan fingerprint density at radius 1 is 1.44 bits per heavy atom. The van der Waals surface area contributed by atoms with Crippen LogP contribution < -0.4 is 5.32 Å². The summed E-state index contributed by atoms with van der Waals surface area (Å²) in [6.45, 7) is 4.31. The van der Waals surface area contributed by atoms with Gasteiger partial charge in [-0.2, -0.15) is 0 Å². The van der Waals surface area contributed by atoms with Gasteiger partial charge in [-0.3, -0.25) is 9.78 Å². The molecular formula is C14H21N3O. The molecule has 4 nitrogen and oxygen atoms in total. The number of carbonyl (C=O) groups excluding carboxylic acids is 1. The van der Waals surface area contributed by atoms with Gasteiger partial charge in [0.25, 0.3) is 0 Å². The van der Waals surface area contributed by atoms with Gasteiger partial charge in [0.2, 0.25) is 5.91 Å². The number of pyridine rings is 1. The highest BCUT2D eigenvalue weighted by Gasteiger charge is 2.16.